The zero-order chi connectivity index (χ0) is 18.5. The Hall–Kier alpha value is -2.42. The number of ketones is 1. The van der Waals surface area contributed by atoms with Crippen LogP contribution in [0, 0.1) is 0 Å². The SMILES string of the molecule is CC(C)(C)OC(=O)NCC(=O)CS(=O)(=O)c1ccc(C(=O)O)cc1. The molecule has 0 radical (unpaired) electrons. The molecule has 0 heterocycles. The molecule has 0 aliphatic carbocycles. The van der Waals surface area contributed by atoms with Gasteiger partial charge in [-0.3, -0.25) is 4.79 Å². The van der Waals surface area contributed by atoms with E-state index in [-0.39, 0.29) is 10.5 Å². The summed E-state index contributed by atoms with van der Waals surface area (Å²) in [5, 5.41) is 11.0. The summed E-state index contributed by atoms with van der Waals surface area (Å²) in [5.74, 6) is -2.71. The molecule has 0 aliphatic heterocycles. The van der Waals surface area contributed by atoms with Gasteiger partial charge in [0.2, 0.25) is 0 Å². The molecule has 1 aromatic rings. The summed E-state index contributed by atoms with van der Waals surface area (Å²) in [6.45, 7) is 4.47. The minimum absolute atomic E-state index is 0.0631. The van der Waals surface area contributed by atoms with Crippen molar-refractivity contribution in [1.29, 1.82) is 0 Å². The molecule has 1 aromatic carbocycles. The quantitative estimate of drug-likeness (QED) is 0.784. The summed E-state index contributed by atoms with van der Waals surface area (Å²) in [5.41, 5.74) is -0.794. The Balaban J connectivity index is 2.65. The van der Waals surface area contributed by atoms with Crippen molar-refractivity contribution < 1.29 is 32.6 Å². The first kappa shape index (κ1) is 19.6. The average Bonchev–Trinajstić information content (AvgIpc) is 2.43. The van der Waals surface area contributed by atoms with Crippen LogP contribution in [0.25, 0.3) is 0 Å². The molecule has 0 atom stereocenters. The monoisotopic (exact) mass is 357 g/mol. The van der Waals surface area contributed by atoms with E-state index >= 15 is 0 Å². The molecular formula is C15H19NO7S. The smallest absolute Gasteiger partial charge is 0.408 e. The lowest BCUT2D eigenvalue weighted by atomic mass is 10.2. The van der Waals surface area contributed by atoms with Gasteiger partial charge in [-0.15, -0.1) is 0 Å². The van der Waals surface area contributed by atoms with Gasteiger partial charge in [0, 0.05) is 0 Å². The number of carbonyl (C=O) groups excluding carboxylic acids is 2. The van der Waals surface area contributed by atoms with Gasteiger partial charge in [0.1, 0.15) is 11.4 Å². The zero-order valence-corrected chi connectivity index (χ0v) is 14.3. The maximum absolute atomic E-state index is 12.1. The maximum Gasteiger partial charge on any atom is 0.408 e. The normalized spacial score (nSPS) is 11.6. The topological polar surface area (TPSA) is 127 Å². The zero-order valence-electron chi connectivity index (χ0n) is 13.5. The van der Waals surface area contributed by atoms with Crippen LogP contribution < -0.4 is 5.32 Å². The average molecular weight is 357 g/mol. The molecular weight excluding hydrogens is 338 g/mol. The predicted octanol–water partition coefficient (Wildman–Crippen LogP) is 1.25. The number of rotatable bonds is 6. The van der Waals surface area contributed by atoms with Crippen LogP contribution in [0.4, 0.5) is 4.79 Å². The van der Waals surface area contributed by atoms with Gasteiger partial charge in [-0.1, -0.05) is 0 Å². The molecule has 1 amide bonds. The highest BCUT2D eigenvalue weighted by Crippen LogP contribution is 2.13. The minimum atomic E-state index is -3.92. The summed E-state index contributed by atoms with van der Waals surface area (Å²) >= 11 is 0. The maximum atomic E-state index is 12.1. The number of carboxylic acids is 1. The molecule has 0 bridgehead atoms. The molecule has 9 heteroatoms. The van der Waals surface area contributed by atoms with E-state index in [0.717, 1.165) is 24.3 Å². The van der Waals surface area contributed by atoms with Gasteiger partial charge in [-0.2, -0.15) is 0 Å². The number of alkyl carbamates (subject to hydrolysis) is 1. The summed E-state index contributed by atoms with van der Waals surface area (Å²) in [6.07, 6.45) is -0.820. The van der Waals surface area contributed by atoms with Gasteiger partial charge in [-0.05, 0) is 45.0 Å². The fraction of sp³-hybridized carbons (Fsp3) is 0.400. The lowest BCUT2D eigenvalue weighted by Crippen LogP contribution is -2.37. The number of Topliss-reactive ketones (excluding diaryl/α,β-unsaturated/α-hetero) is 1. The summed E-state index contributed by atoms with van der Waals surface area (Å²) in [4.78, 5) is 33.7. The van der Waals surface area contributed by atoms with Crippen molar-refractivity contribution in [3.8, 4) is 0 Å². The van der Waals surface area contributed by atoms with Crippen molar-refractivity contribution in [2.45, 2.75) is 31.3 Å². The number of benzene rings is 1. The number of carboxylic acid groups (broad SMARTS) is 1. The summed E-state index contributed by atoms with van der Waals surface area (Å²) in [6, 6.07) is 4.51. The van der Waals surface area contributed by atoms with Crippen molar-refractivity contribution in [2.75, 3.05) is 12.3 Å². The van der Waals surface area contributed by atoms with Gasteiger partial charge in [-0.25, -0.2) is 18.0 Å². The van der Waals surface area contributed by atoms with Gasteiger partial charge in [0.05, 0.1) is 17.0 Å². The van der Waals surface area contributed by atoms with E-state index in [9.17, 15) is 22.8 Å². The van der Waals surface area contributed by atoms with E-state index in [1.54, 1.807) is 20.8 Å². The highest BCUT2D eigenvalue weighted by Gasteiger charge is 2.21. The molecule has 0 aromatic heterocycles. The van der Waals surface area contributed by atoms with Crippen LogP contribution in [0.15, 0.2) is 29.2 Å². The number of sulfone groups is 1. The molecule has 2 N–H and O–H groups in total. The van der Waals surface area contributed by atoms with Crippen LogP contribution in [0.1, 0.15) is 31.1 Å². The Morgan fingerprint density at radius 2 is 1.67 bits per heavy atom. The number of aromatic carboxylic acids is 1. The van der Waals surface area contributed by atoms with E-state index in [1.165, 1.54) is 0 Å². The molecule has 0 aliphatic rings. The largest absolute Gasteiger partial charge is 0.478 e. The highest BCUT2D eigenvalue weighted by molar-refractivity contribution is 7.92. The molecule has 24 heavy (non-hydrogen) atoms. The van der Waals surface area contributed by atoms with Crippen molar-refractivity contribution in [3.63, 3.8) is 0 Å². The van der Waals surface area contributed by atoms with E-state index in [2.05, 4.69) is 5.32 Å². The van der Waals surface area contributed by atoms with Gasteiger partial charge in [0.15, 0.2) is 15.6 Å². The van der Waals surface area contributed by atoms with Crippen molar-refractivity contribution in [3.05, 3.63) is 29.8 Å². The minimum Gasteiger partial charge on any atom is -0.478 e. The van der Waals surface area contributed by atoms with Crippen molar-refractivity contribution in [1.82, 2.24) is 5.32 Å². The van der Waals surface area contributed by atoms with Crippen LogP contribution >= 0.6 is 0 Å². The highest BCUT2D eigenvalue weighted by atomic mass is 32.2. The van der Waals surface area contributed by atoms with Gasteiger partial charge >= 0.3 is 12.1 Å². The number of hydrogen-bond donors (Lipinski definition) is 2. The lowest BCUT2D eigenvalue weighted by molar-refractivity contribution is -0.115. The Kier molecular flexibility index (Phi) is 6.08. The lowest BCUT2D eigenvalue weighted by Gasteiger charge is -2.19. The fourth-order valence-corrected chi connectivity index (χ4v) is 2.88. The van der Waals surface area contributed by atoms with E-state index in [1.807, 2.05) is 0 Å². The van der Waals surface area contributed by atoms with Gasteiger partial charge in [0.25, 0.3) is 0 Å². The third-order valence-corrected chi connectivity index (χ3v) is 4.33. The number of amides is 1. The predicted molar refractivity (Wildman–Crippen MR) is 84.7 cm³/mol. The molecule has 8 nitrogen and oxygen atoms in total. The third-order valence-electron chi connectivity index (χ3n) is 2.64. The van der Waals surface area contributed by atoms with Crippen LogP contribution in [0.5, 0.6) is 0 Å². The molecule has 0 saturated carbocycles. The summed E-state index contributed by atoms with van der Waals surface area (Å²) in [7, 11) is -3.92. The first-order valence-corrected chi connectivity index (χ1v) is 8.60. The first-order chi connectivity index (χ1) is 10.9. The Labute approximate surface area is 139 Å². The second-order valence-electron chi connectivity index (χ2n) is 5.98. The number of hydrogen-bond acceptors (Lipinski definition) is 6. The summed E-state index contributed by atoms with van der Waals surface area (Å²) < 4.78 is 29.1. The van der Waals surface area contributed by atoms with E-state index < -0.39 is 45.6 Å². The number of ether oxygens (including phenoxy) is 1. The first-order valence-electron chi connectivity index (χ1n) is 6.95. The number of carbonyl (C=O) groups is 3. The third kappa shape index (κ3) is 6.37. The Morgan fingerprint density at radius 1 is 1.12 bits per heavy atom. The molecule has 0 unspecified atom stereocenters. The Bertz CT molecular complexity index is 730. The second kappa shape index (κ2) is 7.43. The fourth-order valence-electron chi connectivity index (χ4n) is 1.64. The van der Waals surface area contributed by atoms with Crippen LogP contribution in [0.2, 0.25) is 0 Å². The Morgan fingerprint density at radius 3 is 2.12 bits per heavy atom. The van der Waals surface area contributed by atoms with Crippen molar-refractivity contribution in [2.24, 2.45) is 0 Å². The second-order valence-corrected chi connectivity index (χ2v) is 7.97. The molecule has 0 fully saturated rings. The standard InChI is InChI=1S/C15H19NO7S/c1-15(2,3)23-14(20)16-8-11(17)9-24(21,22)12-6-4-10(5-7-12)13(18)19/h4-7H,8-9H2,1-3H3,(H,16,20)(H,18,19). The molecule has 0 saturated heterocycles. The van der Waals surface area contributed by atoms with Crippen LogP contribution in [0.3, 0.4) is 0 Å². The number of nitrogens with one attached hydrogen (secondary N) is 1. The van der Waals surface area contributed by atoms with Crippen molar-refractivity contribution >= 4 is 27.7 Å². The molecule has 0 spiro atoms. The van der Waals surface area contributed by atoms with E-state index in [0.29, 0.717) is 0 Å². The molecule has 132 valence electrons. The van der Waals surface area contributed by atoms with Crippen LogP contribution in [-0.4, -0.2) is 49.3 Å². The molecule has 1 rings (SSSR count). The van der Waals surface area contributed by atoms with E-state index in [4.69, 9.17) is 9.84 Å². The van der Waals surface area contributed by atoms with Crippen LogP contribution in [-0.2, 0) is 19.4 Å². The van der Waals surface area contributed by atoms with Gasteiger partial charge < -0.3 is 15.2 Å².